The van der Waals surface area contributed by atoms with Crippen molar-refractivity contribution in [3.8, 4) is 0 Å². The first kappa shape index (κ1) is 15.6. The van der Waals surface area contributed by atoms with Crippen molar-refractivity contribution in [2.75, 3.05) is 0 Å². The van der Waals surface area contributed by atoms with E-state index in [1.807, 2.05) is 36.4 Å². The minimum absolute atomic E-state index is 0.0917. The Balaban J connectivity index is 1.63. The van der Waals surface area contributed by atoms with Crippen molar-refractivity contribution in [2.45, 2.75) is 26.1 Å². The molecule has 0 fully saturated rings. The van der Waals surface area contributed by atoms with Crippen LogP contribution in [0.15, 0.2) is 48.5 Å². The predicted molar refractivity (Wildman–Crippen MR) is 89.1 cm³/mol. The van der Waals surface area contributed by atoms with Gasteiger partial charge in [0.15, 0.2) is 0 Å². The molecule has 1 atom stereocenters. The van der Waals surface area contributed by atoms with Crippen molar-refractivity contribution >= 4 is 23.4 Å². The Kier molecular flexibility index (Phi) is 4.35. The molecule has 4 nitrogen and oxygen atoms in total. The van der Waals surface area contributed by atoms with Crippen molar-refractivity contribution in [3.05, 3.63) is 70.2 Å². The SMILES string of the molecule is C[C@H](C(=O)NCc1cccc(Cl)c1)N1Cc2ccccc2C1=O. The molecule has 2 aromatic carbocycles. The highest BCUT2D eigenvalue weighted by Gasteiger charge is 2.33. The second-order valence-corrected chi connectivity index (χ2v) is 6.05. The molecule has 1 heterocycles. The van der Waals surface area contributed by atoms with Gasteiger partial charge in [-0.25, -0.2) is 0 Å². The molecule has 0 saturated heterocycles. The Labute approximate surface area is 140 Å². The normalized spacial score (nSPS) is 14.5. The summed E-state index contributed by atoms with van der Waals surface area (Å²) in [4.78, 5) is 26.3. The Bertz CT molecular complexity index is 760. The van der Waals surface area contributed by atoms with Gasteiger partial charge >= 0.3 is 0 Å². The Morgan fingerprint density at radius 3 is 2.78 bits per heavy atom. The van der Waals surface area contributed by atoms with E-state index in [0.717, 1.165) is 11.1 Å². The van der Waals surface area contributed by atoms with E-state index in [2.05, 4.69) is 5.32 Å². The average Bonchev–Trinajstić information content (AvgIpc) is 2.89. The molecule has 1 N–H and O–H groups in total. The van der Waals surface area contributed by atoms with Crippen LogP contribution in [0.4, 0.5) is 0 Å². The Morgan fingerprint density at radius 2 is 2.04 bits per heavy atom. The van der Waals surface area contributed by atoms with E-state index in [9.17, 15) is 9.59 Å². The number of carbonyl (C=O) groups excluding carboxylic acids is 2. The van der Waals surface area contributed by atoms with Crippen LogP contribution in [0.1, 0.15) is 28.4 Å². The van der Waals surface area contributed by atoms with Gasteiger partial charge in [-0.2, -0.15) is 0 Å². The third kappa shape index (κ3) is 3.22. The molecular weight excluding hydrogens is 312 g/mol. The zero-order valence-electron chi connectivity index (χ0n) is 12.8. The molecule has 0 saturated carbocycles. The van der Waals surface area contributed by atoms with Gasteiger partial charge in [-0.3, -0.25) is 9.59 Å². The highest BCUT2D eigenvalue weighted by Crippen LogP contribution is 2.24. The van der Waals surface area contributed by atoms with Crippen LogP contribution in [0.3, 0.4) is 0 Å². The van der Waals surface area contributed by atoms with Crippen molar-refractivity contribution in [3.63, 3.8) is 0 Å². The number of carbonyl (C=O) groups is 2. The van der Waals surface area contributed by atoms with E-state index in [-0.39, 0.29) is 11.8 Å². The molecule has 0 radical (unpaired) electrons. The first-order valence-electron chi connectivity index (χ1n) is 7.47. The quantitative estimate of drug-likeness (QED) is 0.938. The summed E-state index contributed by atoms with van der Waals surface area (Å²) in [5.74, 6) is -0.267. The molecule has 0 spiro atoms. The van der Waals surface area contributed by atoms with Crippen molar-refractivity contribution in [1.29, 1.82) is 0 Å². The van der Waals surface area contributed by atoms with Gasteiger partial charge in [0.1, 0.15) is 6.04 Å². The molecule has 5 heteroatoms. The first-order valence-corrected chi connectivity index (χ1v) is 7.85. The summed E-state index contributed by atoms with van der Waals surface area (Å²) in [6, 6.07) is 14.3. The van der Waals surface area contributed by atoms with E-state index >= 15 is 0 Å². The molecule has 2 aromatic rings. The maximum absolute atomic E-state index is 12.4. The maximum Gasteiger partial charge on any atom is 0.255 e. The van der Waals surface area contributed by atoms with Crippen molar-refractivity contribution in [2.24, 2.45) is 0 Å². The van der Waals surface area contributed by atoms with Crippen LogP contribution in [-0.2, 0) is 17.9 Å². The van der Waals surface area contributed by atoms with Crippen LogP contribution in [-0.4, -0.2) is 22.8 Å². The van der Waals surface area contributed by atoms with Crippen LogP contribution < -0.4 is 5.32 Å². The number of nitrogens with zero attached hydrogens (tertiary/aromatic N) is 1. The van der Waals surface area contributed by atoms with Gasteiger partial charge in [0.05, 0.1) is 0 Å². The third-order valence-corrected chi connectivity index (χ3v) is 4.29. The second-order valence-electron chi connectivity index (χ2n) is 5.61. The zero-order valence-corrected chi connectivity index (χ0v) is 13.5. The molecular formula is C18H17ClN2O2. The number of amides is 2. The van der Waals surface area contributed by atoms with Gasteiger partial charge in [-0.15, -0.1) is 0 Å². The van der Waals surface area contributed by atoms with Gasteiger partial charge < -0.3 is 10.2 Å². The predicted octanol–water partition coefficient (Wildman–Crippen LogP) is 3.00. The number of benzene rings is 2. The summed E-state index contributed by atoms with van der Waals surface area (Å²) in [5.41, 5.74) is 2.57. The van der Waals surface area contributed by atoms with Gasteiger partial charge in [0, 0.05) is 23.7 Å². The Morgan fingerprint density at radius 1 is 1.26 bits per heavy atom. The lowest BCUT2D eigenvalue weighted by molar-refractivity contribution is -0.125. The molecule has 2 amide bonds. The van der Waals surface area contributed by atoms with E-state index in [1.165, 1.54) is 0 Å². The summed E-state index contributed by atoms with van der Waals surface area (Å²) in [6.07, 6.45) is 0. The van der Waals surface area contributed by atoms with E-state index in [0.29, 0.717) is 23.7 Å². The monoisotopic (exact) mass is 328 g/mol. The van der Waals surface area contributed by atoms with Crippen LogP contribution in [0.5, 0.6) is 0 Å². The lowest BCUT2D eigenvalue weighted by Crippen LogP contribution is -2.45. The summed E-state index contributed by atoms with van der Waals surface area (Å²) in [6.45, 7) is 2.61. The summed E-state index contributed by atoms with van der Waals surface area (Å²) in [5, 5.41) is 3.49. The topological polar surface area (TPSA) is 49.4 Å². The summed E-state index contributed by atoms with van der Waals surface area (Å²) >= 11 is 5.93. The Hall–Kier alpha value is -2.33. The molecule has 0 unspecified atom stereocenters. The number of halogens is 1. The van der Waals surface area contributed by atoms with Crippen LogP contribution >= 0.6 is 11.6 Å². The van der Waals surface area contributed by atoms with Crippen LogP contribution in [0, 0.1) is 0 Å². The molecule has 118 valence electrons. The molecule has 1 aliphatic heterocycles. The van der Waals surface area contributed by atoms with Gasteiger partial charge in [0.2, 0.25) is 5.91 Å². The fourth-order valence-corrected chi connectivity index (χ4v) is 2.93. The fraction of sp³-hybridized carbons (Fsp3) is 0.222. The standard InChI is InChI=1S/C18H17ClN2O2/c1-12(17(22)20-10-13-5-4-7-15(19)9-13)21-11-14-6-2-3-8-16(14)18(21)23/h2-9,12H,10-11H2,1H3,(H,20,22)/t12-/m1/s1. The number of rotatable bonds is 4. The average molecular weight is 329 g/mol. The summed E-state index contributed by atoms with van der Waals surface area (Å²) in [7, 11) is 0. The first-order chi connectivity index (χ1) is 11.1. The number of hydrogen-bond donors (Lipinski definition) is 1. The van der Waals surface area contributed by atoms with Crippen LogP contribution in [0.2, 0.25) is 5.02 Å². The van der Waals surface area contributed by atoms with E-state index < -0.39 is 6.04 Å². The maximum atomic E-state index is 12.4. The number of nitrogens with one attached hydrogen (secondary N) is 1. The number of fused-ring (bicyclic) bond motifs is 1. The van der Waals surface area contributed by atoms with E-state index in [1.54, 1.807) is 24.0 Å². The smallest absolute Gasteiger partial charge is 0.255 e. The fourth-order valence-electron chi connectivity index (χ4n) is 2.72. The lowest BCUT2D eigenvalue weighted by atomic mass is 10.1. The third-order valence-electron chi connectivity index (χ3n) is 4.05. The second kappa shape index (κ2) is 6.42. The zero-order chi connectivity index (χ0) is 16.4. The molecule has 1 aliphatic rings. The minimum Gasteiger partial charge on any atom is -0.350 e. The minimum atomic E-state index is -0.519. The number of hydrogen-bond acceptors (Lipinski definition) is 2. The summed E-state index contributed by atoms with van der Waals surface area (Å²) < 4.78 is 0. The molecule has 3 rings (SSSR count). The molecule has 23 heavy (non-hydrogen) atoms. The van der Waals surface area contributed by atoms with Gasteiger partial charge in [-0.1, -0.05) is 41.9 Å². The molecule has 0 aromatic heterocycles. The lowest BCUT2D eigenvalue weighted by Gasteiger charge is -2.23. The highest BCUT2D eigenvalue weighted by molar-refractivity contribution is 6.30. The van der Waals surface area contributed by atoms with Crippen molar-refractivity contribution in [1.82, 2.24) is 10.2 Å². The van der Waals surface area contributed by atoms with Crippen molar-refractivity contribution < 1.29 is 9.59 Å². The van der Waals surface area contributed by atoms with Gasteiger partial charge in [0.25, 0.3) is 5.91 Å². The largest absolute Gasteiger partial charge is 0.350 e. The molecule has 0 bridgehead atoms. The van der Waals surface area contributed by atoms with Crippen LogP contribution in [0.25, 0.3) is 0 Å². The van der Waals surface area contributed by atoms with E-state index in [4.69, 9.17) is 11.6 Å². The van der Waals surface area contributed by atoms with Gasteiger partial charge in [-0.05, 0) is 36.2 Å². The highest BCUT2D eigenvalue weighted by atomic mass is 35.5. The molecule has 0 aliphatic carbocycles.